The van der Waals surface area contributed by atoms with Crippen molar-refractivity contribution in [2.45, 2.75) is 57.9 Å². The Morgan fingerprint density at radius 1 is 1.14 bits per heavy atom. The first-order valence-electron chi connectivity index (χ1n) is 11.3. The van der Waals surface area contributed by atoms with Gasteiger partial charge in [0.1, 0.15) is 0 Å². The predicted molar refractivity (Wildman–Crippen MR) is 115 cm³/mol. The normalized spacial score (nSPS) is 20.2. The zero-order valence-electron chi connectivity index (χ0n) is 17.6. The van der Waals surface area contributed by atoms with Gasteiger partial charge in [-0.3, -0.25) is 0 Å². The van der Waals surface area contributed by atoms with Gasteiger partial charge in [-0.15, -0.1) is 0 Å². The van der Waals surface area contributed by atoms with Crippen molar-refractivity contribution in [3.05, 3.63) is 6.33 Å². The van der Waals surface area contributed by atoms with Gasteiger partial charge in [-0.25, -0.2) is 4.98 Å². The first kappa shape index (κ1) is 20.3. The molecule has 4 rings (SSSR count). The van der Waals surface area contributed by atoms with E-state index in [1.54, 1.807) is 0 Å². The van der Waals surface area contributed by atoms with Crippen molar-refractivity contribution in [3.8, 4) is 6.01 Å². The Hall–Kier alpha value is -1.93. The van der Waals surface area contributed by atoms with Crippen molar-refractivity contribution in [3.63, 3.8) is 0 Å². The zero-order chi connectivity index (χ0) is 20.1. The summed E-state index contributed by atoms with van der Waals surface area (Å²) in [5.41, 5.74) is 7.72. The number of nitrogens with zero attached hydrogens (tertiary/aromatic N) is 4. The molecule has 0 radical (unpaired) electrons. The van der Waals surface area contributed by atoms with Crippen LogP contribution in [0.25, 0.3) is 11.2 Å². The molecule has 2 fully saturated rings. The second-order valence-corrected chi connectivity index (χ2v) is 8.50. The fourth-order valence-corrected chi connectivity index (χ4v) is 4.75. The Balaban J connectivity index is 1.64. The molecule has 2 aliphatic heterocycles. The van der Waals surface area contributed by atoms with E-state index in [0.717, 1.165) is 50.6 Å². The van der Waals surface area contributed by atoms with Gasteiger partial charge in [0.25, 0.3) is 0 Å². The maximum absolute atomic E-state index is 6.21. The Bertz CT molecular complexity index is 781. The monoisotopic (exact) mass is 401 g/mol. The number of nitrogens with one attached hydrogen (secondary N) is 2. The number of aromatic nitrogens is 4. The van der Waals surface area contributed by atoms with Gasteiger partial charge in [0.15, 0.2) is 17.0 Å². The molecular formula is C21H35N7O. The second kappa shape index (κ2) is 9.71. The molecule has 29 heavy (non-hydrogen) atoms. The van der Waals surface area contributed by atoms with Gasteiger partial charge < -0.3 is 25.7 Å². The third-order valence-electron chi connectivity index (χ3n) is 6.48. The lowest BCUT2D eigenvalue weighted by atomic mass is 9.82. The summed E-state index contributed by atoms with van der Waals surface area (Å²) in [6, 6.07) is 0.763. The number of nitrogens with two attached hydrogens (primary N) is 1. The SMILES string of the molecule is CCCCOc1nc(N)c2ncn(C(CC3CCNCC3)C3CCNCC3)c2n1. The summed E-state index contributed by atoms with van der Waals surface area (Å²) in [6.45, 7) is 7.17. The van der Waals surface area contributed by atoms with E-state index in [-0.39, 0.29) is 0 Å². The minimum absolute atomic E-state index is 0.371. The molecule has 4 heterocycles. The number of unbranched alkanes of at least 4 members (excludes halogenated alkanes) is 1. The van der Waals surface area contributed by atoms with Crippen LogP contribution in [0.15, 0.2) is 6.33 Å². The smallest absolute Gasteiger partial charge is 0.320 e. The lowest BCUT2D eigenvalue weighted by Gasteiger charge is -2.35. The zero-order valence-corrected chi connectivity index (χ0v) is 17.6. The third kappa shape index (κ3) is 4.80. The number of hydrogen-bond donors (Lipinski definition) is 3. The predicted octanol–water partition coefficient (Wildman–Crippen LogP) is 2.52. The highest BCUT2D eigenvalue weighted by Crippen LogP contribution is 2.36. The van der Waals surface area contributed by atoms with Gasteiger partial charge in [-0.1, -0.05) is 13.3 Å². The minimum Gasteiger partial charge on any atom is -0.463 e. The summed E-state index contributed by atoms with van der Waals surface area (Å²) >= 11 is 0. The van der Waals surface area contributed by atoms with Crippen molar-refractivity contribution in [1.29, 1.82) is 0 Å². The Morgan fingerprint density at radius 3 is 2.59 bits per heavy atom. The maximum Gasteiger partial charge on any atom is 0.320 e. The van der Waals surface area contributed by atoms with Crippen LogP contribution in [0.2, 0.25) is 0 Å². The molecular weight excluding hydrogens is 366 g/mol. The van der Waals surface area contributed by atoms with E-state index < -0.39 is 0 Å². The van der Waals surface area contributed by atoms with Crippen LogP contribution in [0, 0.1) is 11.8 Å². The molecule has 2 aromatic heterocycles. The fourth-order valence-electron chi connectivity index (χ4n) is 4.75. The number of hydrogen-bond acceptors (Lipinski definition) is 7. The number of fused-ring (bicyclic) bond motifs is 1. The van der Waals surface area contributed by atoms with E-state index in [1.165, 1.54) is 32.1 Å². The topological polar surface area (TPSA) is 103 Å². The lowest BCUT2D eigenvalue weighted by Crippen LogP contribution is -2.35. The van der Waals surface area contributed by atoms with E-state index >= 15 is 0 Å². The molecule has 4 N–H and O–H groups in total. The van der Waals surface area contributed by atoms with E-state index in [2.05, 4.69) is 32.1 Å². The van der Waals surface area contributed by atoms with Crippen LogP contribution in [0.1, 0.15) is 57.9 Å². The van der Waals surface area contributed by atoms with Crippen LogP contribution in [-0.4, -0.2) is 52.3 Å². The minimum atomic E-state index is 0.371. The van der Waals surface area contributed by atoms with Crippen LogP contribution in [0.4, 0.5) is 5.82 Å². The number of rotatable bonds is 8. The quantitative estimate of drug-likeness (QED) is 0.584. The fraction of sp³-hybridized carbons (Fsp3) is 0.762. The molecule has 2 aromatic rings. The summed E-state index contributed by atoms with van der Waals surface area (Å²) in [7, 11) is 0. The molecule has 0 saturated carbocycles. The summed E-state index contributed by atoms with van der Waals surface area (Å²) in [5.74, 6) is 1.78. The van der Waals surface area contributed by atoms with Gasteiger partial charge >= 0.3 is 6.01 Å². The number of anilines is 1. The first-order valence-corrected chi connectivity index (χ1v) is 11.3. The molecule has 0 aromatic carbocycles. The second-order valence-electron chi connectivity index (χ2n) is 8.50. The van der Waals surface area contributed by atoms with Crippen molar-refractivity contribution >= 4 is 17.0 Å². The van der Waals surface area contributed by atoms with Crippen LogP contribution in [0.5, 0.6) is 6.01 Å². The summed E-state index contributed by atoms with van der Waals surface area (Å²) in [6.07, 6.45) is 10.0. The Morgan fingerprint density at radius 2 is 1.86 bits per heavy atom. The third-order valence-corrected chi connectivity index (χ3v) is 6.48. The summed E-state index contributed by atoms with van der Waals surface area (Å²) in [5, 5.41) is 6.99. The Kier molecular flexibility index (Phi) is 6.82. The van der Waals surface area contributed by atoms with Crippen molar-refractivity contribution < 1.29 is 4.74 Å². The molecule has 0 amide bonds. The van der Waals surface area contributed by atoms with Gasteiger partial charge in [-0.05, 0) is 76.5 Å². The van der Waals surface area contributed by atoms with E-state index in [9.17, 15) is 0 Å². The standard InChI is InChI=1S/C21H35N7O/c1-2-3-12-29-21-26-19(22)18-20(27-21)28(14-25-18)17(16-6-10-24-11-7-16)13-15-4-8-23-9-5-15/h14-17,23-24H,2-13H2,1H3,(H2,22,26,27). The van der Waals surface area contributed by atoms with Crippen molar-refractivity contribution in [2.24, 2.45) is 11.8 Å². The highest BCUT2D eigenvalue weighted by atomic mass is 16.5. The highest BCUT2D eigenvalue weighted by molar-refractivity contribution is 5.82. The van der Waals surface area contributed by atoms with Crippen LogP contribution in [-0.2, 0) is 0 Å². The van der Waals surface area contributed by atoms with E-state index in [1.807, 2.05) is 6.33 Å². The molecule has 8 heteroatoms. The van der Waals surface area contributed by atoms with Gasteiger partial charge in [0.05, 0.1) is 12.9 Å². The van der Waals surface area contributed by atoms with Gasteiger partial charge in [-0.2, -0.15) is 9.97 Å². The first-order chi connectivity index (χ1) is 14.3. The number of ether oxygens (including phenoxy) is 1. The van der Waals surface area contributed by atoms with E-state index in [0.29, 0.717) is 35.9 Å². The molecule has 2 saturated heterocycles. The maximum atomic E-state index is 6.21. The van der Waals surface area contributed by atoms with Crippen LogP contribution >= 0.6 is 0 Å². The molecule has 1 unspecified atom stereocenters. The molecule has 2 aliphatic rings. The van der Waals surface area contributed by atoms with Crippen LogP contribution < -0.4 is 21.1 Å². The van der Waals surface area contributed by atoms with E-state index in [4.69, 9.17) is 15.5 Å². The highest BCUT2D eigenvalue weighted by Gasteiger charge is 2.30. The average molecular weight is 402 g/mol. The van der Waals surface area contributed by atoms with Crippen molar-refractivity contribution in [2.75, 3.05) is 38.5 Å². The molecule has 8 nitrogen and oxygen atoms in total. The largest absolute Gasteiger partial charge is 0.463 e. The average Bonchev–Trinajstić information content (AvgIpc) is 3.18. The number of piperidine rings is 2. The summed E-state index contributed by atoms with van der Waals surface area (Å²) < 4.78 is 8.05. The molecule has 0 aliphatic carbocycles. The molecule has 0 spiro atoms. The molecule has 160 valence electrons. The van der Waals surface area contributed by atoms with Gasteiger partial charge in [0.2, 0.25) is 0 Å². The molecule has 0 bridgehead atoms. The van der Waals surface area contributed by atoms with Gasteiger partial charge in [0, 0.05) is 6.04 Å². The van der Waals surface area contributed by atoms with Crippen molar-refractivity contribution in [1.82, 2.24) is 30.2 Å². The summed E-state index contributed by atoms with van der Waals surface area (Å²) in [4.78, 5) is 13.7. The van der Waals surface area contributed by atoms with Crippen LogP contribution in [0.3, 0.4) is 0 Å². The lowest BCUT2D eigenvalue weighted by molar-refractivity contribution is 0.205. The Labute approximate surface area is 173 Å². The molecule has 1 atom stereocenters. The number of imidazole rings is 1. The number of nitrogen functional groups attached to an aromatic ring is 1.